The second kappa shape index (κ2) is 7.32. The van der Waals surface area contributed by atoms with Gasteiger partial charge in [-0.2, -0.15) is 0 Å². The minimum Gasteiger partial charge on any atom is -0.376 e. The van der Waals surface area contributed by atoms with Crippen LogP contribution < -0.4 is 10.2 Å². The van der Waals surface area contributed by atoms with E-state index in [-0.39, 0.29) is 23.4 Å². The Labute approximate surface area is 160 Å². The van der Waals surface area contributed by atoms with Gasteiger partial charge in [0, 0.05) is 31.5 Å². The number of benzene rings is 2. The summed E-state index contributed by atoms with van der Waals surface area (Å²) in [4.78, 5) is 14.8. The van der Waals surface area contributed by atoms with Gasteiger partial charge in [0.15, 0.2) is 0 Å². The van der Waals surface area contributed by atoms with Crippen molar-refractivity contribution in [3.63, 3.8) is 0 Å². The maximum absolute atomic E-state index is 12.8. The number of hydrogen-bond acceptors (Lipinski definition) is 4. The molecule has 2 aromatic carbocycles. The van der Waals surface area contributed by atoms with Crippen LogP contribution >= 0.6 is 0 Å². The third-order valence-corrected chi connectivity index (χ3v) is 6.70. The summed E-state index contributed by atoms with van der Waals surface area (Å²) >= 11 is 0. The van der Waals surface area contributed by atoms with Gasteiger partial charge < -0.3 is 10.2 Å². The zero-order chi connectivity index (χ0) is 19.8. The van der Waals surface area contributed by atoms with E-state index < -0.39 is 10.0 Å². The fourth-order valence-electron chi connectivity index (χ4n) is 3.36. The van der Waals surface area contributed by atoms with Crippen LogP contribution in [0, 0.1) is 6.92 Å². The Balaban J connectivity index is 1.78. The lowest BCUT2D eigenvalue weighted by Gasteiger charge is -2.23. The van der Waals surface area contributed by atoms with Crippen molar-refractivity contribution in [1.82, 2.24) is 4.31 Å². The minimum absolute atomic E-state index is 0.0345. The van der Waals surface area contributed by atoms with Gasteiger partial charge in [-0.3, -0.25) is 4.79 Å². The number of carbonyl (C=O) groups excluding carboxylic acids is 1. The van der Waals surface area contributed by atoms with Gasteiger partial charge in [0.2, 0.25) is 15.9 Å². The highest BCUT2D eigenvalue weighted by Crippen LogP contribution is 2.32. The Morgan fingerprint density at radius 3 is 2.63 bits per heavy atom. The monoisotopic (exact) mass is 387 g/mol. The number of aryl methyl sites for hydroxylation is 1. The molecule has 1 heterocycles. The Morgan fingerprint density at radius 2 is 1.93 bits per heavy atom. The number of nitrogens with zero attached hydrogens (tertiary/aromatic N) is 2. The number of amides is 1. The molecule has 0 fully saturated rings. The molecule has 0 bridgehead atoms. The standard InChI is InChI=1S/C20H25N3O3S/c1-14-9-10-17(27(25,26)22(3)4)12-18(14)21-13-20(24)23-15(2)11-16-7-5-6-8-19(16)23/h5-10,12,15,21H,11,13H2,1-4H3/t15-/m0/s1. The van der Waals surface area contributed by atoms with E-state index in [9.17, 15) is 13.2 Å². The summed E-state index contributed by atoms with van der Waals surface area (Å²) in [6.45, 7) is 4.02. The van der Waals surface area contributed by atoms with Crippen molar-refractivity contribution in [2.24, 2.45) is 0 Å². The minimum atomic E-state index is -3.52. The van der Waals surface area contributed by atoms with Crippen molar-refractivity contribution < 1.29 is 13.2 Å². The first-order valence-corrected chi connectivity index (χ1v) is 10.3. The van der Waals surface area contributed by atoms with Gasteiger partial charge in [-0.25, -0.2) is 12.7 Å². The number of carbonyl (C=O) groups is 1. The molecule has 0 unspecified atom stereocenters. The predicted octanol–water partition coefficient (Wildman–Crippen LogP) is 2.64. The Bertz CT molecular complexity index is 970. The molecule has 6 nitrogen and oxygen atoms in total. The fraction of sp³-hybridized carbons (Fsp3) is 0.350. The molecule has 0 saturated heterocycles. The molecule has 27 heavy (non-hydrogen) atoms. The van der Waals surface area contributed by atoms with Crippen molar-refractivity contribution in [2.45, 2.75) is 31.2 Å². The quantitative estimate of drug-likeness (QED) is 0.856. The van der Waals surface area contributed by atoms with Crippen LogP contribution in [0.3, 0.4) is 0 Å². The normalized spacial score (nSPS) is 16.5. The number of fused-ring (bicyclic) bond motifs is 1. The summed E-state index contributed by atoms with van der Waals surface area (Å²) in [5, 5.41) is 3.12. The molecule has 1 aliphatic heterocycles. The first-order valence-electron chi connectivity index (χ1n) is 8.89. The molecule has 1 N–H and O–H groups in total. The summed E-state index contributed by atoms with van der Waals surface area (Å²) in [5.74, 6) is -0.0345. The average molecular weight is 388 g/mol. The Morgan fingerprint density at radius 1 is 1.22 bits per heavy atom. The van der Waals surface area contributed by atoms with Crippen LogP contribution in [0.1, 0.15) is 18.1 Å². The Kier molecular flexibility index (Phi) is 5.26. The molecule has 7 heteroatoms. The maximum Gasteiger partial charge on any atom is 0.246 e. The maximum atomic E-state index is 12.8. The van der Waals surface area contributed by atoms with Crippen LogP contribution in [0.25, 0.3) is 0 Å². The average Bonchev–Trinajstić information content (AvgIpc) is 2.96. The third-order valence-electron chi connectivity index (χ3n) is 4.89. The molecule has 0 aromatic heterocycles. The number of rotatable bonds is 5. The number of nitrogens with one attached hydrogen (secondary N) is 1. The lowest BCUT2D eigenvalue weighted by atomic mass is 10.1. The van der Waals surface area contributed by atoms with E-state index >= 15 is 0 Å². The molecule has 3 rings (SSSR count). The molecule has 0 radical (unpaired) electrons. The molecule has 0 spiro atoms. The van der Waals surface area contributed by atoms with Gasteiger partial charge in [0.1, 0.15) is 0 Å². The number of anilines is 2. The van der Waals surface area contributed by atoms with Crippen LogP contribution in [0.4, 0.5) is 11.4 Å². The highest BCUT2D eigenvalue weighted by molar-refractivity contribution is 7.89. The number of sulfonamides is 1. The van der Waals surface area contributed by atoms with Crippen LogP contribution in [0.2, 0.25) is 0 Å². The van der Waals surface area contributed by atoms with Crippen LogP contribution in [-0.4, -0.2) is 45.3 Å². The molecule has 0 saturated carbocycles. The molecular formula is C20H25N3O3S. The van der Waals surface area contributed by atoms with Gasteiger partial charge in [0.05, 0.1) is 11.4 Å². The second-order valence-corrected chi connectivity index (χ2v) is 9.22. The van der Waals surface area contributed by atoms with Crippen LogP contribution in [-0.2, 0) is 21.2 Å². The summed E-state index contributed by atoms with van der Waals surface area (Å²) in [6, 6.07) is 13.0. The lowest BCUT2D eigenvalue weighted by Crippen LogP contribution is -2.39. The lowest BCUT2D eigenvalue weighted by molar-refractivity contribution is -0.117. The molecule has 1 atom stereocenters. The predicted molar refractivity (Wildman–Crippen MR) is 108 cm³/mol. The summed E-state index contributed by atoms with van der Waals surface area (Å²) in [5.41, 5.74) is 3.66. The highest BCUT2D eigenvalue weighted by atomic mass is 32.2. The van der Waals surface area contributed by atoms with E-state index in [1.54, 1.807) is 18.2 Å². The van der Waals surface area contributed by atoms with Gasteiger partial charge >= 0.3 is 0 Å². The zero-order valence-electron chi connectivity index (χ0n) is 16.1. The van der Waals surface area contributed by atoms with E-state index in [2.05, 4.69) is 5.32 Å². The van der Waals surface area contributed by atoms with Crippen molar-refractivity contribution in [2.75, 3.05) is 30.9 Å². The van der Waals surface area contributed by atoms with Gasteiger partial charge in [-0.15, -0.1) is 0 Å². The van der Waals surface area contributed by atoms with Gasteiger partial charge in [-0.1, -0.05) is 24.3 Å². The highest BCUT2D eigenvalue weighted by Gasteiger charge is 2.30. The number of hydrogen-bond donors (Lipinski definition) is 1. The van der Waals surface area contributed by atoms with Crippen LogP contribution in [0.5, 0.6) is 0 Å². The first-order chi connectivity index (χ1) is 12.7. The summed E-state index contributed by atoms with van der Waals surface area (Å²) < 4.78 is 25.9. The smallest absolute Gasteiger partial charge is 0.246 e. The van der Waals surface area contributed by atoms with Crippen molar-refractivity contribution in [1.29, 1.82) is 0 Å². The third kappa shape index (κ3) is 3.70. The zero-order valence-corrected chi connectivity index (χ0v) is 16.9. The molecule has 144 valence electrons. The van der Waals surface area contributed by atoms with E-state index in [1.807, 2.05) is 43.0 Å². The van der Waals surface area contributed by atoms with Crippen molar-refractivity contribution >= 4 is 27.3 Å². The molecule has 1 aliphatic rings. The van der Waals surface area contributed by atoms with Crippen LogP contribution in [0.15, 0.2) is 47.4 Å². The van der Waals surface area contributed by atoms with E-state index in [0.29, 0.717) is 5.69 Å². The van der Waals surface area contributed by atoms with Crippen molar-refractivity contribution in [3.8, 4) is 0 Å². The first kappa shape index (κ1) is 19.4. The van der Waals surface area contributed by atoms with Crippen molar-refractivity contribution in [3.05, 3.63) is 53.6 Å². The molecule has 1 amide bonds. The second-order valence-electron chi connectivity index (χ2n) is 7.06. The molecular weight excluding hydrogens is 362 g/mol. The molecule has 0 aliphatic carbocycles. The fourth-order valence-corrected chi connectivity index (χ4v) is 4.29. The topological polar surface area (TPSA) is 69.7 Å². The van der Waals surface area contributed by atoms with E-state index in [1.165, 1.54) is 24.0 Å². The Hall–Kier alpha value is -2.38. The largest absolute Gasteiger partial charge is 0.376 e. The summed E-state index contributed by atoms with van der Waals surface area (Å²) in [6.07, 6.45) is 0.845. The number of para-hydroxylation sites is 1. The van der Waals surface area contributed by atoms with E-state index in [4.69, 9.17) is 0 Å². The summed E-state index contributed by atoms with van der Waals surface area (Å²) in [7, 11) is -0.525. The SMILES string of the molecule is Cc1ccc(S(=O)(=O)N(C)C)cc1NCC(=O)N1c2ccccc2C[C@@H]1C. The van der Waals surface area contributed by atoms with Gasteiger partial charge in [0.25, 0.3) is 0 Å². The van der Waals surface area contributed by atoms with Gasteiger partial charge in [-0.05, 0) is 49.6 Å². The molecule has 2 aromatic rings. The van der Waals surface area contributed by atoms with E-state index in [0.717, 1.165) is 17.7 Å².